The third-order valence-corrected chi connectivity index (χ3v) is 2.22. The van der Waals surface area contributed by atoms with Gasteiger partial charge in [0.1, 0.15) is 12.2 Å². The van der Waals surface area contributed by atoms with E-state index < -0.39 is 11.7 Å². The molecule has 0 heterocycles. The Morgan fingerprint density at radius 1 is 1.15 bits per heavy atom. The fourth-order valence-corrected chi connectivity index (χ4v) is 1.45. The molecule has 1 amide bonds. The van der Waals surface area contributed by atoms with Crippen LogP contribution in [0.25, 0.3) is 0 Å². The molecule has 0 aromatic heterocycles. The van der Waals surface area contributed by atoms with Gasteiger partial charge in [-0.15, -0.1) is 0 Å². The summed E-state index contributed by atoms with van der Waals surface area (Å²) in [7, 11) is 0. The van der Waals surface area contributed by atoms with Crippen LogP contribution < -0.4 is 5.32 Å². The number of rotatable bonds is 5. The van der Waals surface area contributed by atoms with Crippen molar-refractivity contribution in [2.75, 3.05) is 13.2 Å². The van der Waals surface area contributed by atoms with Crippen molar-refractivity contribution < 1.29 is 19.1 Å². The Morgan fingerprint density at radius 3 is 2.40 bits per heavy atom. The number of esters is 1. The first-order valence-electron chi connectivity index (χ1n) is 6.53. The lowest BCUT2D eigenvalue weighted by Crippen LogP contribution is -2.34. The Kier molecular flexibility index (Phi) is 6.03. The van der Waals surface area contributed by atoms with Gasteiger partial charge in [0, 0.05) is 0 Å². The average Bonchev–Trinajstić information content (AvgIpc) is 2.34. The number of benzene rings is 1. The first-order chi connectivity index (χ1) is 9.37. The number of ether oxygens (including phenoxy) is 2. The van der Waals surface area contributed by atoms with Crippen molar-refractivity contribution in [1.29, 1.82) is 0 Å². The summed E-state index contributed by atoms with van der Waals surface area (Å²) in [6, 6.07) is 9.35. The summed E-state index contributed by atoms with van der Waals surface area (Å²) < 4.78 is 10.1. The topological polar surface area (TPSA) is 64.6 Å². The van der Waals surface area contributed by atoms with Crippen molar-refractivity contribution in [2.24, 2.45) is 0 Å². The predicted octanol–water partition coefficient (Wildman–Crippen LogP) is 2.30. The number of alkyl carbamates (subject to hydrolysis) is 1. The summed E-state index contributed by atoms with van der Waals surface area (Å²) in [6.07, 6.45) is -0.288. The smallest absolute Gasteiger partial charge is 0.407 e. The quantitative estimate of drug-likeness (QED) is 0.663. The second-order valence-electron chi connectivity index (χ2n) is 5.31. The van der Waals surface area contributed by atoms with Gasteiger partial charge in [0.05, 0.1) is 13.0 Å². The van der Waals surface area contributed by atoms with Crippen LogP contribution in [0.4, 0.5) is 4.79 Å². The van der Waals surface area contributed by atoms with E-state index in [1.807, 2.05) is 30.3 Å². The van der Waals surface area contributed by atoms with Crippen LogP contribution in [0, 0.1) is 0 Å². The minimum Gasteiger partial charge on any atom is -0.464 e. The third-order valence-electron chi connectivity index (χ3n) is 2.22. The molecule has 0 fully saturated rings. The lowest BCUT2D eigenvalue weighted by atomic mass is 10.2. The van der Waals surface area contributed by atoms with E-state index >= 15 is 0 Å². The molecule has 1 aromatic rings. The maximum Gasteiger partial charge on any atom is 0.407 e. The monoisotopic (exact) mass is 279 g/mol. The van der Waals surface area contributed by atoms with Gasteiger partial charge in [0.25, 0.3) is 0 Å². The zero-order chi connectivity index (χ0) is 15.0. The Balaban J connectivity index is 2.15. The molecule has 1 rings (SSSR count). The highest BCUT2D eigenvalue weighted by atomic mass is 16.6. The van der Waals surface area contributed by atoms with E-state index in [-0.39, 0.29) is 25.5 Å². The normalized spacial score (nSPS) is 10.8. The molecule has 0 atom stereocenters. The molecule has 0 saturated heterocycles. The summed E-state index contributed by atoms with van der Waals surface area (Å²) in [5.74, 6) is -0.317. The van der Waals surface area contributed by atoms with E-state index in [2.05, 4.69) is 5.32 Å². The minimum absolute atomic E-state index is 0.130. The van der Waals surface area contributed by atoms with Crippen molar-refractivity contribution in [3.8, 4) is 0 Å². The third kappa shape index (κ3) is 7.41. The molecule has 0 bridgehead atoms. The minimum atomic E-state index is -0.534. The number of hydrogen-bond acceptors (Lipinski definition) is 4. The highest BCUT2D eigenvalue weighted by molar-refractivity contribution is 5.72. The van der Waals surface area contributed by atoms with Crippen molar-refractivity contribution >= 4 is 12.1 Å². The largest absolute Gasteiger partial charge is 0.464 e. The molecule has 0 aliphatic rings. The Hall–Kier alpha value is -2.04. The second kappa shape index (κ2) is 7.53. The summed E-state index contributed by atoms with van der Waals surface area (Å²) in [5.41, 5.74) is 0.367. The lowest BCUT2D eigenvalue weighted by Gasteiger charge is -2.19. The van der Waals surface area contributed by atoms with Gasteiger partial charge < -0.3 is 14.8 Å². The molecular formula is C15H21NO4. The van der Waals surface area contributed by atoms with Crippen LogP contribution in [0.2, 0.25) is 0 Å². The Bertz CT molecular complexity index is 437. The van der Waals surface area contributed by atoms with E-state index in [4.69, 9.17) is 9.47 Å². The SMILES string of the molecule is CC(C)(C)OC(=O)NCCOC(=O)Cc1ccccc1. The molecule has 5 heteroatoms. The van der Waals surface area contributed by atoms with E-state index in [1.54, 1.807) is 20.8 Å². The van der Waals surface area contributed by atoms with Gasteiger partial charge in [-0.1, -0.05) is 30.3 Å². The van der Waals surface area contributed by atoms with Crippen molar-refractivity contribution in [3.05, 3.63) is 35.9 Å². The zero-order valence-corrected chi connectivity index (χ0v) is 12.1. The molecule has 20 heavy (non-hydrogen) atoms. The van der Waals surface area contributed by atoms with Crippen LogP contribution in [-0.2, 0) is 20.7 Å². The molecule has 110 valence electrons. The van der Waals surface area contributed by atoms with E-state index in [0.717, 1.165) is 5.56 Å². The van der Waals surface area contributed by atoms with Gasteiger partial charge in [0.2, 0.25) is 0 Å². The predicted molar refractivity (Wildman–Crippen MR) is 75.3 cm³/mol. The average molecular weight is 279 g/mol. The maximum atomic E-state index is 11.5. The molecular weight excluding hydrogens is 258 g/mol. The number of nitrogens with one attached hydrogen (secondary N) is 1. The van der Waals surface area contributed by atoms with Gasteiger partial charge in [-0.2, -0.15) is 0 Å². The number of hydrogen-bond donors (Lipinski definition) is 1. The molecule has 1 N–H and O–H groups in total. The Morgan fingerprint density at radius 2 is 1.80 bits per heavy atom. The van der Waals surface area contributed by atoms with Crippen LogP contribution in [0.5, 0.6) is 0 Å². The number of amides is 1. The fraction of sp³-hybridized carbons (Fsp3) is 0.467. The Labute approximate surface area is 119 Å². The molecule has 0 spiro atoms. The second-order valence-corrected chi connectivity index (χ2v) is 5.31. The summed E-state index contributed by atoms with van der Waals surface area (Å²) >= 11 is 0. The highest BCUT2D eigenvalue weighted by Gasteiger charge is 2.15. The van der Waals surface area contributed by atoms with E-state index in [9.17, 15) is 9.59 Å². The summed E-state index contributed by atoms with van der Waals surface area (Å²) in [6.45, 7) is 5.71. The molecule has 0 unspecified atom stereocenters. The van der Waals surface area contributed by atoms with Gasteiger partial charge in [0.15, 0.2) is 0 Å². The van der Waals surface area contributed by atoms with E-state index in [0.29, 0.717) is 0 Å². The van der Waals surface area contributed by atoms with E-state index in [1.165, 1.54) is 0 Å². The number of carbonyl (C=O) groups is 2. The molecule has 1 aromatic carbocycles. The van der Waals surface area contributed by atoms with Crippen molar-refractivity contribution in [2.45, 2.75) is 32.8 Å². The van der Waals surface area contributed by atoms with Crippen LogP contribution in [0.3, 0.4) is 0 Å². The van der Waals surface area contributed by atoms with Gasteiger partial charge in [-0.3, -0.25) is 4.79 Å². The van der Waals surface area contributed by atoms with Crippen molar-refractivity contribution in [3.63, 3.8) is 0 Å². The molecule has 0 aliphatic carbocycles. The molecule has 0 aliphatic heterocycles. The highest BCUT2D eigenvalue weighted by Crippen LogP contribution is 2.06. The molecule has 0 radical (unpaired) electrons. The summed E-state index contributed by atoms with van der Waals surface area (Å²) in [4.78, 5) is 22.8. The maximum absolute atomic E-state index is 11.5. The standard InChI is InChI=1S/C15H21NO4/c1-15(2,3)20-14(18)16-9-10-19-13(17)11-12-7-5-4-6-8-12/h4-8H,9-11H2,1-3H3,(H,16,18). The van der Waals surface area contributed by atoms with Gasteiger partial charge in [-0.25, -0.2) is 4.79 Å². The first-order valence-corrected chi connectivity index (χ1v) is 6.53. The van der Waals surface area contributed by atoms with Crippen LogP contribution in [-0.4, -0.2) is 30.8 Å². The fourth-order valence-electron chi connectivity index (χ4n) is 1.45. The molecule has 0 saturated carbocycles. The first kappa shape index (κ1) is 16.0. The van der Waals surface area contributed by atoms with Crippen LogP contribution in [0.1, 0.15) is 26.3 Å². The lowest BCUT2D eigenvalue weighted by molar-refractivity contribution is -0.142. The number of carbonyl (C=O) groups excluding carboxylic acids is 2. The van der Waals surface area contributed by atoms with Crippen LogP contribution >= 0.6 is 0 Å². The zero-order valence-electron chi connectivity index (χ0n) is 12.1. The van der Waals surface area contributed by atoms with Gasteiger partial charge in [-0.05, 0) is 26.3 Å². The van der Waals surface area contributed by atoms with Crippen molar-refractivity contribution in [1.82, 2.24) is 5.32 Å². The van der Waals surface area contributed by atoms with Gasteiger partial charge >= 0.3 is 12.1 Å². The summed E-state index contributed by atoms with van der Waals surface area (Å²) in [5, 5.41) is 2.52. The van der Waals surface area contributed by atoms with Crippen LogP contribution in [0.15, 0.2) is 30.3 Å². The molecule has 5 nitrogen and oxygen atoms in total.